The Balaban J connectivity index is 3.40. The summed E-state index contributed by atoms with van der Waals surface area (Å²) in [5.74, 6) is -0.363. The van der Waals surface area contributed by atoms with Crippen molar-refractivity contribution in [3.8, 4) is 12.1 Å². The Labute approximate surface area is 94.2 Å². The van der Waals surface area contributed by atoms with Crippen LogP contribution in [0.1, 0.15) is 25.7 Å². The second-order valence-electron chi connectivity index (χ2n) is 3.08. The predicted octanol–water partition coefficient (Wildman–Crippen LogP) is -0.174. The first kappa shape index (κ1) is 13.9. The van der Waals surface area contributed by atoms with Crippen LogP contribution in [0.4, 0.5) is 0 Å². The van der Waals surface area contributed by atoms with Crippen molar-refractivity contribution in [2.45, 2.75) is 25.7 Å². The van der Waals surface area contributed by atoms with E-state index in [1.54, 1.807) is 12.1 Å². The van der Waals surface area contributed by atoms with E-state index in [-0.39, 0.29) is 24.9 Å². The molecule has 2 amide bonds. The topological polar surface area (TPSA) is 106 Å². The lowest BCUT2D eigenvalue weighted by atomic mass is 10.2. The number of nitrogens with zero attached hydrogens (tertiary/aromatic N) is 2. The van der Waals surface area contributed by atoms with Gasteiger partial charge in [-0.05, 0) is 12.8 Å². The molecule has 0 aliphatic carbocycles. The molecule has 0 fully saturated rings. The molecule has 0 atom stereocenters. The summed E-state index contributed by atoms with van der Waals surface area (Å²) in [5, 5.41) is 21.2. The number of nitrogens with one attached hydrogen (secondary N) is 2. The smallest absolute Gasteiger partial charge is 0.220 e. The molecule has 0 aromatic carbocycles. The minimum absolute atomic E-state index is 0.0154. The average molecular weight is 222 g/mol. The van der Waals surface area contributed by atoms with Crippen molar-refractivity contribution in [3.63, 3.8) is 0 Å². The van der Waals surface area contributed by atoms with Gasteiger partial charge in [0.05, 0.1) is 12.1 Å². The second-order valence-corrected chi connectivity index (χ2v) is 3.08. The van der Waals surface area contributed by atoms with Crippen molar-refractivity contribution in [1.29, 1.82) is 10.5 Å². The zero-order valence-electron chi connectivity index (χ0n) is 8.95. The quantitative estimate of drug-likeness (QED) is 0.460. The summed E-state index contributed by atoms with van der Waals surface area (Å²) in [6, 6.07) is 3.61. The van der Waals surface area contributed by atoms with Gasteiger partial charge < -0.3 is 10.6 Å². The molecule has 0 saturated carbocycles. The van der Waals surface area contributed by atoms with Gasteiger partial charge in [-0.15, -0.1) is 0 Å². The lowest BCUT2D eigenvalue weighted by Gasteiger charge is -2.01. The predicted molar refractivity (Wildman–Crippen MR) is 55.7 cm³/mol. The highest BCUT2D eigenvalue weighted by Gasteiger charge is 2.02. The summed E-state index contributed by atoms with van der Waals surface area (Å²) in [4.78, 5) is 22.0. The van der Waals surface area contributed by atoms with E-state index in [1.807, 2.05) is 0 Å². The van der Waals surface area contributed by atoms with E-state index in [0.717, 1.165) is 0 Å². The maximum atomic E-state index is 11.0. The van der Waals surface area contributed by atoms with E-state index in [0.29, 0.717) is 25.7 Å². The zero-order chi connectivity index (χ0) is 12.2. The lowest BCUT2D eigenvalue weighted by molar-refractivity contribution is -0.122. The van der Waals surface area contributed by atoms with Crippen molar-refractivity contribution in [1.82, 2.24) is 10.6 Å². The van der Waals surface area contributed by atoms with Crippen LogP contribution >= 0.6 is 0 Å². The molecule has 86 valence electrons. The summed E-state index contributed by atoms with van der Waals surface area (Å²) < 4.78 is 0. The molecule has 6 nitrogen and oxygen atoms in total. The van der Waals surface area contributed by atoms with Gasteiger partial charge in [-0.25, -0.2) is 0 Å². The Morgan fingerprint density at radius 2 is 1.25 bits per heavy atom. The molecule has 0 rings (SSSR count). The highest BCUT2D eigenvalue weighted by molar-refractivity contribution is 5.77. The van der Waals surface area contributed by atoms with Gasteiger partial charge in [0, 0.05) is 12.8 Å². The minimum Gasteiger partial charge on any atom is -0.343 e. The van der Waals surface area contributed by atoms with E-state index in [4.69, 9.17) is 10.5 Å². The summed E-state index contributed by atoms with van der Waals surface area (Å²) in [5.41, 5.74) is 0. The van der Waals surface area contributed by atoms with Crippen molar-refractivity contribution in [3.05, 3.63) is 0 Å². The van der Waals surface area contributed by atoms with Gasteiger partial charge in [0.2, 0.25) is 11.8 Å². The van der Waals surface area contributed by atoms with E-state index >= 15 is 0 Å². The van der Waals surface area contributed by atoms with Gasteiger partial charge in [0.25, 0.3) is 0 Å². The summed E-state index contributed by atoms with van der Waals surface area (Å²) in [7, 11) is 0. The number of carbonyl (C=O) groups is 2. The van der Waals surface area contributed by atoms with E-state index < -0.39 is 0 Å². The van der Waals surface area contributed by atoms with Gasteiger partial charge in [-0.1, -0.05) is 0 Å². The molecule has 0 saturated heterocycles. The van der Waals surface area contributed by atoms with Crippen molar-refractivity contribution in [2.75, 3.05) is 13.1 Å². The Morgan fingerprint density at radius 3 is 1.56 bits per heavy atom. The van der Waals surface area contributed by atoms with Crippen molar-refractivity contribution in [2.24, 2.45) is 0 Å². The van der Waals surface area contributed by atoms with Gasteiger partial charge in [0.1, 0.15) is 13.1 Å². The molecular weight excluding hydrogens is 208 g/mol. The number of nitriles is 2. The standard InChI is InChI=1S/C10H14N4O2/c11-5-7-13-9(15)3-1-2-4-10(16)14-8-6-12/h1-4,7-8H2,(H,13,15)(H,14,16). The highest BCUT2D eigenvalue weighted by Crippen LogP contribution is 1.99. The number of unbranched alkanes of at least 4 members (excludes halogenated alkanes) is 1. The monoisotopic (exact) mass is 222 g/mol. The highest BCUT2D eigenvalue weighted by atomic mass is 16.2. The van der Waals surface area contributed by atoms with E-state index in [2.05, 4.69) is 10.6 Å². The molecule has 0 aliphatic heterocycles. The molecule has 16 heavy (non-hydrogen) atoms. The molecule has 2 N–H and O–H groups in total. The summed E-state index contributed by atoms with van der Waals surface area (Å²) in [6.07, 6.45) is 1.81. The number of rotatable bonds is 7. The van der Waals surface area contributed by atoms with Crippen LogP contribution in [0.25, 0.3) is 0 Å². The molecule has 0 unspecified atom stereocenters. The Morgan fingerprint density at radius 1 is 0.875 bits per heavy atom. The van der Waals surface area contributed by atoms with Crippen molar-refractivity contribution < 1.29 is 9.59 Å². The Hall–Kier alpha value is -2.08. The van der Waals surface area contributed by atoms with Crippen LogP contribution < -0.4 is 10.6 Å². The Bertz CT molecular complexity index is 282. The molecule has 0 heterocycles. The van der Waals surface area contributed by atoms with Crippen LogP contribution in [-0.4, -0.2) is 24.9 Å². The fourth-order valence-electron chi connectivity index (χ4n) is 1.02. The third-order valence-corrected chi connectivity index (χ3v) is 1.79. The van der Waals surface area contributed by atoms with E-state index in [1.165, 1.54) is 0 Å². The lowest BCUT2D eigenvalue weighted by Crippen LogP contribution is -2.24. The van der Waals surface area contributed by atoms with Crippen LogP contribution in [0.3, 0.4) is 0 Å². The minimum atomic E-state index is -0.181. The maximum absolute atomic E-state index is 11.0. The first-order chi connectivity index (χ1) is 7.70. The third kappa shape index (κ3) is 8.52. The SMILES string of the molecule is N#CCNC(=O)CCCCC(=O)NCC#N. The number of hydrogen-bond donors (Lipinski definition) is 2. The van der Waals surface area contributed by atoms with Crippen LogP contribution in [0.15, 0.2) is 0 Å². The molecule has 0 radical (unpaired) electrons. The number of amides is 2. The fourth-order valence-corrected chi connectivity index (χ4v) is 1.02. The maximum Gasteiger partial charge on any atom is 0.220 e. The number of carbonyl (C=O) groups excluding carboxylic acids is 2. The van der Waals surface area contributed by atoms with Crippen molar-refractivity contribution >= 4 is 11.8 Å². The zero-order valence-corrected chi connectivity index (χ0v) is 8.95. The van der Waals surface area contributed by atoms with Gasteiger partial charge >= 0.3 is 0 Å². The van der Waals surface area contributed by atoms with E-state index in [9.17, 15) is 9.59 Å². The molecule has 0 bridgehead atoms. The van der Waals surface area contributed by atoms with Gasteiger partial charge in [-0.2, -0.15) is 10.5 Å². The molecule has 0 aromatic heterocycles. The normalized spacial score (nSPS) is 8.62. The average Bonchev–Trinajstić information content (AvgIpc) is 2.29. The Kier molecular flexibility index (Phi) is 8.24. The third-order valence-electron chi connectivity index (χ3n) is 1.79. The van der Waals surface area contributed by atoms with Crippen LogP contribution in [0.5, 0.6) is 0 Å². The molecule has 0 spiro atoms. The first-order valence-electron chi connectivity index (χ1n) is 4.98. The number of hydrogen-bond acceptors (Lipinski definition) is 4. The molecule has 6 heteroatoms. The second kappa shape index (κ2) is 9.47. The summed E-state index contributed by atoms with van der Waals surface area (Å²) >= 11 is 0. The summed E-state index contributed by atoms with van der Waals surface area (Å²) in [6.45, 7) is 0.0307. The molecule has 0 aliphatic rings. The molecule has 0 aromatic rings. The van der Waals surface area contributed by atoms with Gasteiger partial charge in [0.15, 0.2) is 0 Å². The fraction of sp³-hybridized carbons (Fsp3) is 0.600. The van der Waals surface area contributed by atoms with Gasteiger partial charge in [-0.3, -0.25) is 9.59 Å². The largest absolute Gasteiger partial charge is 0.343 e. The van der Waals surface area contributed by atoms with Crippen LogP contribution in [0, 0.1) is 22.7 Å². The first-order valence-corrected chi connectivity index (χ1v) is 4.98. The van der Waals surface area contributed by atoms with Crippen LogP contribution in [0.2, 0.25) is 0 Å². The van der Waals surface area contributed by atoms with Crippen LogP contribution in [-0.2, 0) is 9.59 Å². The molecular formula is C10H14N4O2.